The number of carbonyl (C=O) groups excluding carboxylic acids is 1. The highest BCUT2D eigenvalue weighted by atomic mass is 32.2. The second-order valence-electron chi connectivity index (χ2n) is 5.71. The number of aliphatic hydroxyl groups excluding tert-OH is 1. The van der Waals surface area contributed by atoms with Gasteiger partial charge in [0.1, 0.15) is 6.33 Å². The van der Waals surface area contributed by atoms with E-state index in [1.54, 1.807) is 11.2 Å². The Kier molecular flexibility index (Phi) is 3.98. The van der Waals surface area contributed by atoms with Crippen LogP contribution >= 0.6 is 11.8 Å². The summed E-state index contributed by atoms with van der Waals surface area (Å²) in [4.78, 5) is 13.9. The minimum Gasteiger partial charge on any atom is -0.391 e. The first-order valence-corrected chi connectivity index (χ1v) is 8.12. The number of amides is 1. The first-order valence-electron chi connectivity index (χ1n) is 7.13. The molecule has 0 radical (unpaired) electrons. The fourth-order valence-electron chi connectivity index (χ4n) is 2.43. The van der Waals surface area contributed by atoms with Crippen LogP contribution in [0, 0.1) is 5.92 Å². The van der Waals surface area contributed by atoms with E-state index in [2.05, 4.69) is 14.8 Å². The van der Waals surface area contributed by atoms with Gasteiger partial charge in [-0.05, 0) is 25.2 Å². The van der Waals surface area contributed by atoms with Crippen molar-refractivity contribution < 1.29 is 9.90 Å². The average Bonchev–Trinajstić information content (AvgIpc) is 3.18. The number of nitrogens with zero attached hydrogens (tertiary/aromatic N) is 4. The van der Waals surface area contributed by atoms with Gasteiger partial charge in [0.15, 0.2) is 5.16 Å². The minimum absolute atomic E-state index is 0.0753. The molecule has 2 aliphatic rings. The van der Waals surface area contributed by atoms with Gasteiger partial charge in [-0.2, -0.15) is 0 Å². The van der Waals surface area contributed by atoms with E-state index < -0.39 is 6.10 Å². The molecule has 2 fully saturated rings. The second-order valence-corrected chi connectivity index (χ2v) is 6.66. The minimum atomic E-state index is -0.396. The summed E-state index contributed by atoms with van der Waals surface area (Å²) in [6, 6.07) is 0.528. The van der Waals surface area contributed by atoms with Crippen molar-refractivity contribution in [2.45, 2.75) is 43.5 Å². The maximum absolute atomic E-state index is 12.2. The van der Waals surface area contributed by atoms with Crippen LogP contribution in [-0.4, -0.2) is 55.6 Å². The van der Waals surface area contributed by atoms with Crippen molar-refractivity contribution in [3.05, 3.63) is 6.33 Å². The van der Waals surface area contributed by atoms with E-state index in [-0.39, 0.29) is 11.8 Å². The van der Waals surface area contributed by atoms with Crippen LogP contribution in [0.4, 0.5) is 0 Å². The Hall–Kier alpha value is -1.08. The molecule has 0 aromatic carbocycles. The molecule has 2 heterocycles. The van der Waals surface area contributed by atoms with Crippen molar-refractivity contribution >= 4 is 17.7 Å². The first kappa shape index (κ1) is 13.9. The normalized spacial score (nSPS) is 26.8. The Balaban J connectivity index is 1.53. The van der Waals surface area contributed by atoms with E-state index in [0.29, 0.717) is 18.3 Å². The maximum Gasteiger partial charge on any atom is 0.233 e. The zero-order valence-corrected chi connectivity index (χ0v) is 12.4. The number of thioether (sulfide) groups is 1. The highest BCUT2D eigenvalue weighted by molar-refractivity contribution is 7.99. The lowest BCUT2D eigenvalue weighted by atomic mass is 9.96. The van der Waals surface area contributed by atoms with Gasteiger partial charge >= 0.3 is 0 Å². The van der Waals surface area contributed by atoms with E-state index in [0.717, 1.165) is 18.1 Å². The lowest BCUT2D eigenvalue weighted by molar-refractivity contribution is -0.132. The van der Waals surface area contributed by atoms with Crippen LogP contribution < -0.4 is 0 Å². The molecule has 0 spiro atoms. The molecule has 1 saturated heterocycles. The molecule has 2 unspecified atom stereocenters. The molecule has 1 aromatic heterocycles. The highest BCUT2D eigenvalue weighted by Gasteiger charge is 2.29. The third-order valence-electron chi connectivity index (χ3n) is 4.08. The van der Waals surface area contributed by atoms with E-state index in [1.807, 2.05) is 6.92 Å². The molecule has 1 aromatic rings. The largest absolute Gasteiger partial charge is 0.391 e. The van der Waals surface area contributed by atoms with Crippen LogP contribution in [0.25, 0.3) is 0 Å². The number of piperidine rings is 1. The molecule has 20 heavy (non-hydrogen) atoms. The Bertz CT molecular complexity index is 488. The molecule has 7 heteroatoms. The summed E-state index contributed by atoms with van der Waals surface area (Å²) in [5, 5.41) is 18.7. The Morgan fingerprint density at radius 3 is 3.00 bits per heavy atom. The van der Waals surface area contributed by atoms with Gasteiger partial charge in [-0.15, -0.1) is 10.2 Å². The van der Waals surface area contributed by atoms with Crippen LogP contribution in [0.5, 0.6) is 0 Å². The molecule has 1 N–H and O–H groups in total. The number of likely N-dealkylation sites (tertiary alicyclic amines) is 1. The molecular formula is C13H20N4O2S. The molecule has 2 atom stereocenters. The molecule has 1 saturated carbocycles. The molecule has 110 valence electrons. The van der Waals surface area contributed by atoms with Crippen molar-refractivity contribution in [1.82, 2.24) is 19.7 Å². The predicted molar refractivity (Wildman–Crippen MR) is 75.4 cm³/mol. The van der Waals surface area contributed by atoms with Gasteiger partial charge in [-0.3, -0.25) is 4.79 Å². The molecular weight excluding hydrogens is 276 g/mol. The molecule has 0 bridgehead atoms. The number of carbonyl (C=O) groups is 1. The van der Waals surface area contributed by atoms with Crippen LogP contribution in [0.1, 0.15) is 32.2 Å². The van der Waals surface area contributed by atoms with Crippen molar-refractivity contribution in [3.8, 4) is 0 Å². The summed E-state index contributed by atoms with van der Waals surface area (Å²) in [5.74, 6) is 0.725. The third-order valence-corrected chi connectivity index (χ3v) is 5.02. The summed E-state index contributed by atoms with van der Waals surface area (Å²) in [5.41, 5.74) is 0. The fourth-order valence-corrected chi connectivity index (χ4v) is 3.32. The monoisotopic (exact) mass is 296 g/mol. The summed E-state index contributed by atoms with van der Waals surface area (Å²) >= 11 is 1.44. The SMILES string of the molecule is CC1CCN(C(=O)CSc2nncn2C2CC2)CC1O. The van der Waals surface area contributed by atoms with Gasteiger partial charge in [-0.1, -0.05) is 18.7 Å². The molecule has 1 aliphatic heterocycles. The van der Waals surface area contributed by atoms with Gasteiger partial charge in [0.05, 0.1) is 11.9 Å². The van der Waals surface area contributed by atoms with Gasteiger partial charge < -0.3 is 14.6 Å². The van der Waals surface area contributed by atoms with E-state index in [9.17, 15) is 9.90 Å². The van der Waals surface area contributed by atoms with Crippen LogP contribution in [0.15, 0.2) is 11.5 Å². The number of aromatic nitrogens is 3. The van der Waals surface area contributed by atoms with Crippen molar-refractivity contribution in [2.24, 2.45) is 5.92 Å². The summed E-state index contributed by atoms with van der Waals surface area (Å²) in [6.45, 7) is 3.22. The predicted octanol–water partition coefficient (Wildman–Crippen LogP) is 0.934. The molecule has 6 nitrogen and oxygen atoms in total. The first-order chi connectivity index (χ1) is 9.65. The van der Waals surface area contributed by atoms with Crippen LogP contribution in [0.3, 0.4) is 0 Å². The molecule has 3 rings (SSSR count). The maximum atomic E-state index is 12.2. The van der Waals surface area contributed by atoms with E-state index >= 15 is 0 Å². The lowest BCUT2D eigenvalue weighted by Gasteiger charge is -2.34. The lowest BCUT2D eigenvalue weighted by Crippen LogP contribution is -2.46. The zero-order valence-electron chi connectivity index (χ0n) is 11.6. The smallest absolute Gasteiger partial charge is 0.233 e. The fraction of sp³-hybridized carbons (Fsp3) is 0.769. The quantitative estimate of drug-likeness (QED) is 0.837. The van der Waals surface area contributed by atoms with Gasteiger partial charge in [-0.25, -0.2) is 0 Å². The van der Waals surface area contributed by atoms with Gasteiger partial charge in [0.25, 0.3) is 0 Å². The van der Waals surface area contributed by atoms with Crippen molar-refractivity contribution in [2.75, 3.05) is 18.8 Å². The summed E-state index contributed by atoms with van der Waals surface area (Å²) in [6.07, 6.45) is 4.57. The van der Waals surface area contributed by atoms with Crippen molar-refractivity contribution in [3.63, 3.8) is 0 Å². The Morgan fingerprint density at radius 1 is 1.50 bits per heavy atom. The second kappa shape index (κ2) is 5.73. The number of β-amino-alcohol motifs (C(OH)–C–C–N with tert-alkyl or cyclic N) is 1. The standard InChI is InChI=1S/C13H20N4O2S/c1-9-4-5-16(6-11(9)18)12(19)7-20-13-15-14-8-17(13)10-2-3-10/h8-11,18H,2-7H2,1H3. The Labute approximate surface area is 122 Å². The van der Waals surface area contributed by atoms with E-state index in [1.165, 1.54) is 24.6 Å². The van der Waals surface area contributed by atoms with Crippen LogP contribution in [0.2, 0.25) is 0 Å². The number of hydrogen-bond acceptors (Lipinski definition) is 5. The van der Waals surface area contributed by atoms with Gasteiger partial charge in [0, 0.05) is 19.1 Å². The van der Waals surface area contributed by atoms with Crippen molar-refractivity contribution in [1.29, 1.82) is 0 Å². The number of hydrogen-bond donors (Lipinski definition) is 1. The third kappa shape index (κ3) is 2.98. The van der Waals surface area contributed by atoms with Gasteiger partial charge in [0.2, 0.25) is 5.91 Å². The number of rotatable bonds is 4. The average molecular weight is 296 g/mol. The summed E-state index contributed by atoms with van der Waals surface area (Å²) in [7, 11) is 0. The zero-order chi connectivity index (χ0) is 14.1. The molecule has 1 amide bonds. The van der Waals surface area contributed by atoms with Crippen LogP contribution in [-0.2, 0) is 4.79 Å². The Morgan fingerprint density at radius 2 is 2.30 bits per heavy atom. The summed E-state index contributed by atoms with van der Waals surface area (Å²) < 4.78 is 2.06. The van der Waals surface area contributed by atoms with E-state index in [4.69, 9.17) is 0 Å². The molecule has 1 aliphatic carbocycles. The topological polar surface area (TPSA) is 71.2 Å². The number of aliphatic hydroxyl groups is 1. The highest BCUT2D eigenvalue weighted by Crippen LogP contribution is 2.37.